The molecular formula is C15H28IN3O2. The molecule has 1 saturated heterocycles. The van der Waals surface area contributed by atoms with Gasteiger partial charge in [-0.1, -0.05) is 13.8 Å². The van der Waals surface area contributed by atoms with Crippen molar-refractivity contribution in [3.63, 3.8) is 0 Å². The first-order chi connectivity index (χ1) is 9.47. The van der Waals surface area contributed by atoms with Crippen molar-refractivity contribution in [3.05, 3.63) is 0 Å². The lowest BCUT2D eigenvalue weighted by Crippen LogP contribution is -2.49. The standard InChI is InChI=1S/C15H27N3O2.HI/c1-5-20-13(19)11-7-6-8-18(10-11)14(16-4)17-12-9-15(12,2)3;/h11-12H,5-10H2,1-4H3,(H,16,17);1H/t11-,12?;/m1./s1. The summed E-state index contributed by atoms with van der Waals surface area (Å²) in [5.41, 5.74) is 0.367. The van der Waals surface area contributed by atoms with E-state index < -0.39 is 0 Å². The van der Waals surface area contributed by atoms with Crippen LogP contribution in [0.15, 0.2) is 4.99 Å². The number of nitrogens with one attached hydrogen (secondary N) is 1. The molecular weight excluding hydrogens is 381 g/mol. The number of likely N-dealkylation sites (tertiary alicyclic amines) is 1. The summed E-state index contributed by atoms with van der Waals surface area (Å²) in [6.07, 6.45) is 3.11. The second-order valence-electron chi connectivity index (χ2n) is 6.47. The molecule has 1 heterocycles. The van der Waals surface area contributed by atoms with Gasteiger partial charge in [0.15, 0.2) is 5.96 Å². The number of piperidine rings is 1. The number of hydrogen-bond acceptors (Lipinski definition) is 3. The molecule has 0 bridgehead atoms. The van der Waals surface area contributed by atoms with Gasteiger partial charge in [-0.2, -0.15) is 0 Å². The number of nitrogens with zero attached hydrogens (tertiary/aromatic N) is 2. The lowest BCUT2D eigenvalue weighted by atomic mass is 9.98. The van der Waals surface area contributed by atoms with E-state index in [1.54, 1.807) is 0 Å². The van der Waals surface area contributed by atoms with Crippen LogP contribution in [0, 0.1) is 11.3 Å². The number of rotatable bonds is 3. The highest BCUT2D eigenvalue weighted by atomic mass is 127. The van der Waals surface area contributed by atoms with Gasteiger partial charge in [-0.15, -0.1) is 24.0 Å². The molecule has 1 saturated carbocycles. The number of hydrogen-bond donors (Lipinski definition) is 1. The summed E-state index contributed by atoms with van der Waals surface area (Å²) in [5, 5.41) is 3.52. The third kappa shape index (κ3) is 4.72. The number of carbonyl (C=O) groups is 1. The zero-order valence-electron chi connectivity index (χ0n) is 13.5. The Hall–Kier alpha value is -0.530. The molecule has 0 spiro atoms. The fourth-order valence-corrected chi connectivity index (χ4v) is 2.79. The summed E-state index contributed by atoms with van der Waals surface area (Å²) in [6, 6.07) is 0.504. The highest BCUT2D eigenvalue weighted by Gasteiger charge is 2.46. The second kappa shape index (κ2) is 7.65. The summed E-state index contributed by atoms with van der Waals surface area (Å²) < 4.78 is 5.14. The van der Waals surface area contributed by atoms with Gasteiger partial charge in [0.2, 0.25) is 0 Å². The van der Waals surface area contributed by atoms with Gasteiger partial charge in [-0.05, 0) is 31.6 Å². The van der Waals surface area contributed by atoms with E-state index in [1.165, 1.54) is 6.42 Å². The third-order valence-electron chi connectivity index (χ3n) is 4.37. The molecule has 1 unspecified atom stereocenters. The third-order valence-corrected chi connectivity index (χ3v) is 4.37. The van der Waals surface area contributed by atoms with E-state index in [-0.39, 0.29) is 35.9 Å². The van der Waals surface area contributed by atoms with Gasteiger partial charge in [-0.3, -0.25) is 9.79 Å². The highest BCUT2D eigenvalue weighted by Crippen LogP contribution is 2.44. The molecule has 2 rings (SSSR count). The maximum atomic E-state index is 11.9. The zero-order chi connectivity index (χ0) is 14.8. The predicted molar refractivity (Wildman–Crippen MR) is 95.0 cm³/mol. The Morgan fingerprint density at radius 1 is 1.48 bits per heavy atom. The quantitative estimate of drug-likeness (QED) is 0.336. The molecule has 1 N–H and O–H groups in total. The molecule has 6 heteroatoms. The van der Waals surface area contributed by atoms with E-state index in [0.717, 1.165) is 25.3 Å². The van der Waals surface area contributed by atoms with Gasteiger partial charge in [0.25, 0.3) is 0 Å². The van der Waals surface area contributed by atoms with E-state index in [9.17, 15) is 4.79 Å². The summed E-state index contributed by atoms with van der Waals surface area (Å²) in [4.78, 5) is 18.5. The Labute approximate surface area is 144 Å². The summed E-state index contributed by atoms with van der Waals surface area (Å²) >= 11 is 0. The molecule has 0 aromatic heterocycles. The first kappa shape index (κ1) is 18.5. The van der Waals surface area contributed by atoms with Crippen molar-refractivity contribution in [2.75, 3.05) is 26.7 Å². The first-order valence-corrected chi connectivity index (χ1v) is 7.63. The predicted octanol–water partition coefficient (Wildman–Crippen LogP) is 2.25. The minimum absolute atomic E-state index is 0. The SMILES string of the molecule is CCOC(=O)[C@@H]1CCCN(C(=NC)NC2CC2(C)C)C1.I. The number of esters is 1. The molecule has 122 valence electrons. The largest absolute Gasteiger partial charge is 0.466 e. The summed E-state index contributed by atoms with van der Waals surface area (Å²) in [7, 11) is 1.81. The molecule has 0 amide bonds. The van der Waals surface area contributed by atoms with Crippen LogP contribution in [0.25, 0.3) is 0 Å². The second-order valence-corrected chi connectivity index (χ2v) is 6.47. The summed E-state index contributed by atoms with van der Waals surface area (Å²) in [5.74, 6) is 0.837. The Balaban J connectivity index is 0.00000220. The van der Waals surface area contributed by atoms with Crippen molar-refractivity contribution in [3.8, 4) is 0 Å². The Morgan fingerprint density at radius 2 is 2.14 bits per heavy atom. The van der Waals surface area contributed by atoms with Crippen molar-refractivity contribution in [1.82, 2.24) is 10.2 Å². The maximum absolute atomic E-state index is 11.9. The van der Waals surface area contributed by atoms with Crippen LogP contribution in [0.3, 0.4) is 0 Å². The van der Waals surface area contributed by atoms with E-state index in [4.69, 9.17) is 4.74 Å². The molecule has 21 heavy (non-hydrogen) atoms. The molecule has 1 aliphatic heterocycles. The van der Waals surface area contributed by atoms with Crippen LogP contribution in [0.2, 0.25) is 0 Å². The smallest absolute Gasteiger partial charge is 0.310 e. The van der Waals surface area contributed by atoms with Crippen LogP contribution < -0.4 is 5.32 Å². The van der Waals surface area contributed by atoms with E-state index >= 15 is 0 Å². The molecule has 2 fully saturated rings. The van der Waals surface area contributed by atoms with Crippen molar-refractivity contribution in [2.24, 2.45) is 16.3 Å². The van der Waals surface area contributed by atoms with Crippen molar-refractivity contribution < 1.29 is 9.53 Å². The lowest BCUT2D eigenvalue weighted by Gasteiger charge is -2.34. The molecule has 0 radical (unpaired) electrons. The van der Waals surface area contributed by atoms with Gasteiger partial charge in [0.1, 0.15) is 0 Å². The highest BCUT2D eigenvalue weighted by molar-refractivity contribution is 14.0. The number of aliphatic imine (C=N–C) groups is 1. The normalized spacial score (nSPS) is 27.6. The van der Waals surface area contributed by atoms with Gasteiger partial charge >= 0.3 is 5.97 Å². The van der Waals surface area contributed by atoms with Crippen LogP contribution in [-0.4, -0.2) is 49.6 Å². The minimum atomic E-state index is -0.0700. The van der Waals surface area contributed by atoms with Crippen molar-refractivity contribution in [2.45, 2.75) is 46.1 Å². The van der Waals surface area contributed by atoms with Crippen molar-refractivity contribution in [1.29, 1.82) is 0 Å². The van der Waals surface area contributed by atoms with Gasteiger partial charge in [0.05, 0.1) is 12.5 Å². The maximum Gasteiger partial charge on any atom is 0.310 e. The first-order valence-electron chi connectivity index (χ1n) is 7.63. The van der Waals surface area contributed by atoms with Crippen LogP contribution >= 0.6 is 24.0 Å². The van der Waals surface area contributed by atoms with E-state index in [1.807, 2.05) is 14.0 Å². The zero-order valence-corrected chi connectivity index (χ0v) is 15.8. The molecule has 5 nitrogen and oxygen atoms in total. The van der Waals surface area contributed by atoms with Crippen LogP contribution in [0.4, 0.5) is 0 Å². The Morgan fingerprint density at radius 3 is 2.67 bits per heavy atom. The van der Waals surface area contributed by atoms with Crippen LogP contribution in [-0.2, 0) is 9.53 Å². The van der Waals surface area contributed by atoms with E-state index in [0.29, 0.717) is 24.6 Å². The molecule has 2 aliphatic rings. The lowest BCUT2D eigenvalue weighted by molar-refractivity contribution is -0.149. The summed E-state index contributed by atoms with van der Waals surface area (Å²) in [6.45, 7) is 8.51. The Kier molecular flexibility index (Phi) is 6.74. The fourth-order valence-electron chi connectivity index (χ4n) is 2.79. The van der Waals surface area contributed by atoms with Gasteiger partial charge in [-0.25, -0.2) is 0 Å². The van der Waals surface area contributed by atoms with Gasteiger partial charge in [0, 0.05) is 26.2 Å². The van der Waals surface area contributed by atoms with Crippen molar-refractivity contribution >= 4 is 35.9 Å². The van der Waals surface area contributed by atoms with E-state index in [2.05, 4.69) is 29.1 Å². The minimum Gasteiger partial charge on any atom is -0.466 e. The number of halogens is 1. The van der Waals surface area contributed by atoms with Crippen LogP contribution in [0.5, 0.6) is 0 Å². The topological polar surface area (TPSA) is 53.9 Å². The molecule has 0 aromatic rings. The van der Waals surface area contributed by atoms with Crippen LogP contribution in [0.1, 0.15) is 40.0 Å². The Bertz CT molecular complexity index is 398. The number of carbonyl (C=O) groups excluding carboxylic acids is 1. The molecule has 0 aromatic carbocycles. The van der Waals surface area contributed by atoms with Gasteiger partial charge < -0.3 is 15.0 Å². The number of guanidine groups is 1. The molecule has 1 aliphatic carbocycles. The monoisotopic (exact) mass is 409 g/mol. The molecule has 2 atom stereocenters. The average molecular weight is 409 g/mol. The average Bonchev–Trinajstić information content (AvgIpc) is 3.03. The fraction of sp³-hybridized carbons (Fsp3) is 0.867. The number of ether oxygens (including phenoxy) is 1.